The molecule has 0 atom stereocenters. The van der Waals surface area contributed by atoms with Crippen molar-refractivity contribution in [3.05, 3.63) is 56.7 Å². The number of aromatic amines is 2. The second-order valence-electron chi connectivity index (χ2n) is 3.47. The van der Waals surface area contributed by atoms with Crippen LogP contribution in [0.3, 0.4) is 0 Å². The predicted molar refractivity (Wildman–Crippen MR) is 66.7 cm³/mol. The molecular formula is C11H10BrN3O2. The van der Waals surface area contributed by atoms with Crippen molar-refractivity contribution in [2.45, 2.75) is 6.54 Å². The molecule has 0 aliphatic rings. The van der Waals surface area contributed by atoms with Gasteiger partial charge in [-0.15, -0.1) is 0 Å². The number of carbonyl (C=O) groups is 1. The number of nitrogens with one attached hydrogen (secondary N) is 3. The van der Waals surface area contributed by atoms with Gasteiger partial charge in [-0.3, -0.25) is 4.79 Å². The smallest absolute Gasteiger partial charge is 0.323 e. The van der Waals surface area contributed by atoms with Gasteiger partial charge in [-0.25, -0.2) is 4.79 Å². The summed E-state index contributed by atoms with van der Waals surface area (Å²) >= 11 is 3.35. The summed E-state index contributed by atoms with van der Waals surface area (Å²) in [6, 6.07) is 7.63. The molecule has 88 valence electrons. The van der Waals surface area contributed by atoms with E-state index >= 15 is 0 Å². The Labute approximate surface area is 105 Å². The molecule has 0 bridgehead atoms. The number of hydrogen-bond acceptors (Lipinski definition) is 2. The van der Waals surface area contributed by atoms with Crippen molar-refractivity contribution in [2.24, 2.45) is 0 Å². The number of rotatable bonds is 3. The first-order chi connectivity index (χ1) is 8.15. The molecule has 0 radical (unpaired) electrons. The summed E-state index contributed by atoms with van der Waals surface area (Å²) in [7, 11) is 0. The third-order valence-corrected chi connectivity index (χ3v) is 2.68. The first kappa shape index (κ1) is 11.7. The molecule has 17 heavy (non-hydrogen) atoms. The summed E-state index contributed by atoms with van der Waals surface area (Å²) in [6.45, 7) is 0.408. The van der Waals surface area contributed by atoms with E-state index in [2.05, 4.69) is 31.2 Å². The Bertz CT molecular complexity index is 588. The molecule has 1 amide bonds. The summed E-state index contributed by atoms with van der Waals surface area (Å²) in [4.78, 5) is 27.2. The molecule has 0 aliphatic heterocycles. The quantitative estimate of drug-likeness (QED) is 0.800. The fourth-order valence-electron chi connectivity index (χ4n) is 1.38. The van der Waals surface area contributed by atoms with Crippen LogP contribution in [0, 0.1) is 0 Å². The van der Waals surface area contributed by atoms with Crippen molar-refractivity contribution < 1.29 is 4.79 Å². The van der Waals surface area contributed by atoms with Crippen LogP contribution in [0.25, 0.3) is 0 Å². The van der Waals surface area contributed by atoms with Crippen LogP contribution >= 0.6 is 15.9 Å². The van der Waals surface area contributed by atoms with E-state index in [9.17, 15) is 9.59 Å². The van der Waals surface area contributed by atoms with Gasteiger partial charge in [-0.05, 0) is 17.7 Å². The molecule has 1 heterocycles. The van der Waals surface area contributed by atoms with Crippen LogP contribution in [-0.4, -0.2) is 15.9 Å². The molecule has 6 heteroatoms. The molecule has 0 saturated carbocycles. The van der Waals surface area contributed by atoms with E-state index < -0.39 is 5.69 Å². The maximum Gasteiger partial charge on any atom is 0.323 e. The van der Waals surface area contributed by atoms with Crippen molar-refractivity contribution in [1.29, 1.82) is 0 Å². The molecule has 0 saturated heterocycles. The summed E-state index contributed by atoms with van der Waals surface area (Å²) in [5.74, 6) is -0.316. The van der Waals surface area contributed by atoms with Gasteiger partial charge in [-0.1, -0.05) is 28.1 Å². The lowest BCUT2D eigenvalue weighted by molar-refractivity contribution is 0.0946. The number of benzene rings is 1. The topological polar surface area (TPSA) is 77.8 Å². The lowest BCUT2D eigenvalue weighted by Gasteiger charge is -2.03. The maximum absolute atomic E-state index is 11.6. The van der Waals surface area contributed by atoms with E-state index in [4.69, 9.17) is 0 Å². The molecule has 0 unspecified atom stereocenters. The van der Waals surface area contributed by atoms with E-state index in [0.717, 1.165) is 10.0 Å². The van der Waals surface area contributed by atoms with Crippen LogP contribution in [0.15, 0.2) is 39.7 Å². The third-order valence-electron chi connectivity index (χ3n) is 2.18. The van der Waals surface area contributed by atoms with E-state index in [1.165, 1.54) is 6.20 Å². The number of carbonyl (C=O) groups excluding carboxylic acids is 1. The number of imidazole rings is 1. The van der Waals surface area contributed by atoms with Gasteiger partial charge >= 0.3 is 5.69 Å². The second-order valence-corrected chi connectivity index (χ2v) is 4.38. The Balaban J connectivity index is 1.99. The van der Waals surface area contributed by atoms with E-state index in [-0.39, 0.29) is 11.6 Å². The molecule has 5 nitrogen and oxygen atoms in total. The largest absolute Gasteiger partial charge is 0.347 e. The molecule has 2 aromatic rings. The minimum atomic E-state index is -0.391. The number of hydrogen-bond donors (Lipinski definition) is 3. The highest BCUT2D eigenvalue weighted by Gasteiger charge is 2.06. The second kappa shape index (κ2) is 5.01. The molecule has 3 N–H and O–H groups in total. The SMILES string of the molecule is O=C(NCc1cccc(Br)c1)c1c[nH]c(=O)[nH]1. The van der Waals surface area contributed by atoms with Gasteiger partial charge < -0.3 is 15.3 Å². The number of H-pyrrole nitrogens is 2. The van der Waals surface area contributed by atoms with Crippen LogP contribution in [0.2, 0.25) is 0 Å². The summed E-state index contributed by atoms with van der Waals surface area (Å²) in [5, 5.41) is 2.71. The van der Waals surface area contributed by atoms with Crippen molar-refractivity contribution in [1.82, 2.24) is 15.3 Å². The molecule has 0 fully saturated rings. The molecule has 1 aromatic heterocycles. The van der Waals surface area contributed by atoms with Crippen molar-refractivity contribution in [3.8, 4) is 0 Å². The van der Waals surface area contributed by atoms with Crippen LogP contribution < -0.4 is 11.0 Å². The average molecular weight is 296 g/mol. The van der Waals surface area contributed by atoms with Crippen molar-refractivity contribution >= 4 is 21.8 Å². The summed E-state index contributed by atoms with van der Waals surface area (Å²) in [5.41, 5.74) is 0.813. The fourth-order valence-corrected chi connectivity index (χ4v) is 1.83. The highest BCUT2D eigenvalue weighted by molar-refractivity contribution is 9.10. The molecule has 0 aliphatic carbocycles. The van der Waals surface area contributed by atoms with Crippen LogP contribution in [0.5, 0.6) is 0 Å². The van der Waals surface area contributed by atoms with Gasteiger partial charge in [0.15, 0.2) is 0 Å². The monoisotopic (exact) mass is 295 g/mol. The number of halogens is 1. The molecule has 1 aromatic carbocycles. The lowest BCUT2D eigenvalue weighted by atomic mass is 10.2. The fraction of sp³-hybridized carbons (Fsp3) is 0.0909. The Kier molecular flexibility index (Phi) is 3.43. The van der Waals surface area contributed by atoms with Crippen molar-refractivity contribution in [2.75, 3.05) is 0 Å². The highest BCUT2D eigenvalue weighted by atomic mass is 79.9. The first-order valence-electron chi connectivity index (χ1n) is 4.95. The highest BCUT2D eigenvalue weighted by Crippen LogP contribution is 2.11. The zero-order valence-corrected chi connectivity index (χ0v) is 10.4. The first-order valence-corrected chi connectivity index (χ1v) is 5.75. The Morgan fingerprint density at radius 3 is 2.88 bits per heavy atom. The van der Waals surface area contributed by atoms with Crippen LogP contribution in [0.1, 0.15) is 16.1 Å². The zero-order valence-electron chi connectivity index (χ0n) is 8.79. The Morgan fingerprint density at radius 1 is 1.41 bits per heavy atom. The molecular weight excluding hydrogens is 286 g/mol. The van der Waals surface area contributed by atoms with E-state index in [0.29, 0.717) is 6.54 Å². The third kappa shape index (κ3) is 3.07. The zero-order chi connectivity index (χ0) is 12.3. The van der Waals surface area contributed by atoms with Gasteiger partial charge in [0.25, 0.3) is 5.91 Å². The Morgan fingerprint density at radius 2 is 2.24 bits per heavy atom. The van der Waals surface area contributed by atoms with Gasteiger partial charge in [0.1, 0.15) is 5.69 Å². The predicted octanol–water partition coefficient (Wildman–Crippen LogP) is 1.40. The molecule has 0 spiro atoms. The van der Waals surface area contributed by atoms with Gasteiger partial charge in [0, 0.05) is 17.2 Å². The minimum absolute atomic E-state index is 0.227. The maximum atomic E-state index is 11.6. The van der Waals surface area contributed by atoms with Gasteiger partial charge in [0.2, 0.25) is 0 Å². The number of aromatic nitrogens is 2. The van der Waals surface area contributed by atoms with Crippen LogP contribution in [-0.2, 0) is 6.54 Å². The van der Waals surface area contributed by atoms with Gasteiger partial charge in [0.05, 0.1) is 0 Å². The minimum Gasteiger partial charge on any atom is -0.347 e. The average Bonchev–Trinajstić information content (AvgIpc) is 2.73. The Hall–Kier alpha value is -1.82. The van der Waals surface area contributed by atoms with E-state index in [1.54, 1.807) is 0 Å². The van der Waals surface area contributed by atoms with Crippen LogP contribution in [0.4, 0.5) is 0 Å². The summed E-state index contributed by atoms with van der Waals surface area (Å²) in [6.07, 6.45) is 1.35. The lowest BCUT2D eigenvalue weighted by Crippen LogP contribution is -2.23. The standard InChI is InChI=1S/C11H10BrN3O2/c12-8-3-1-2-7(4-8)5-13-10(16)9-6-14-11(17)15-9/h1-4,6H,5H2,(H,13,16)(H2,14,15,17). The van der Waals surface area contributed by atoms with Crippen molar-refractivity contribution in [3.63, 3.8) is 0 Å². The van der Waals surface area contributed by atoms with E-state index in [1.807, 2.05) is 24.3 Å². The number of amides is 1. The normalized spacial score (nSPS) is 10.2. The molecule has 2 rings (SSSR count). The van der Waals surface area contributed by atoms with Gasteiger partial charge in [-0.2, -0.15) is 0 Å². The summed E-state index contributed by atoms with van der Waals surface area (Å²) < 4.78 is 0.958.